The highest BCUT2D eigenvalue weighted by molar-refractivity contribution is 6.01. The van der Waals surface area contributed by atoms with Crippen molar-refractivity contribution in [1.82, 2.24) is 0 Å². The van der Waals surface area contributed by atoms with Crippen molar-refractivity contribution < 1.29 is 47.3 Å². The first-order valence-electron chi connectivity index (χ1n) is 19.9. The summed E-state index contributed by atoms with van der Waals surface area (Å²) in [5, 5.41) is 0.775. The number of rotatable bonds is 11. The van der Waals surface area contributed by atoms with Crippen LogP contribution in [-0.4, -0.2) is 29.7 Å². The Morgan fingerprint density at radius 3 is 2.03 bits per heavy atom. The first kappa shape index (κ1) is 43.0. The second-order valence-corrected chi connectivity index (χ2v) is 15.9. The zero-order chi connectivity index (χ0) is 43.6. The lowest BCUT2D eigenvalue weighted by atomic mass is 9.64. The smallest absolute Gasteiger partial charge is 0.308 e. The minimum atomic E-state index is -0.787. The van der Waals surface area contributed by atoms with Crippen LogP contribution in [0.2, 0.25) is 0 Å². The fraction of sp³-hybridized carbons (Fsp3) is 0.300. The van der Waals surface area contributed by atoms with Crippen LogP contribution >= 0.6 is 0 Å². The molecule has 6 rings (SSSR count). The number of benzene rings is 4. The van der Waals surface area contributed by atoms with Crippen molar-refractivity contribution in [3.05, 3.63) is 129 Å². The predicted octanol–water partition coefficient (Wildman–Crippen LogP) is 11.0. The molecule has 0 amide bonds. The number of Topliss-reactive ketones (excluding diaryl/α,β-unsaturated/α-hetero) is 1. The van der Waals surface area contributed by atoms with E-state index in [4.69, 9.17) is 23.4 Å². The average molecular weight is 811 g/mol. The molecule has 310 valence electrons. The van der Waals surface area contributed by atoms with Crippen molar-refractivity contribution in [3.8, 4) is 34.3 Å². The number of fused-ring (bicyclic) bond motifs is 1. The van der Waals surface area contributed by atoms with Crippen LogP contribution in [0, 0.1) is 26.7 Å². The maximum Gasteiger partial charge on any atom is 0.308 e. The Hall–Kier alpha value is -6.55. The van der Waals surface area contributed by atoms with Gasteiger partial charge in [-0.1, -0.05) is 35.4 Å². The van der Waals surface area contributed by atoms with E-state index in [1.54, 1.807) is 36.4 Å². The second-order valence-electron chi connectivity index (χ2n) is 15.9. The van der Waals surface area contributed by atoms with Crippen LogP contribution in [0.3, 0.4) is 0 Å². The summed E-state index contributed by atoms with van der Waals surface area (Å²) in [5.41, 5.74) is 8.01. The maximum absolute atomic E-state index is 15.6. The van der Waals surface area contributed by atoms with Crippen molar-refractivity contribution in [2.75, 3.05) is 0 Å². The third-order valence-corrected chi connectivity index (χ3v) is 10.7. The number of carbonyl (C=O) groups excluding carboxylic acids is 5. The van der Waals surface area contributed by atoms with Gasteiger partial charge in [-0.15, -0.1) is 0 Å². The molecule has 5 aromatic rings. The monoisotopic (exact) mass is 810 g/mol. The summed E-state index contributed by atoms with van der Waals surface area (Å²) >= 11 is 0. The number of hydrogen-bond acceptors (Lipinski definition) is 10. The van der Waals surface area contributed by atoms with Crippen LogP contribution in [0.5, 0.6) is 23.0 Å². The van der Waals surface area contributed by atoms with Crippen molar-refractivity contribution >= 4 is 40.6 Å². The standard InChI is InChI=1S/C50H50O10/c1-26(2)11-15-38-30(6)39(17-18-43(38)57-32(8)52)50(55)49-41(40-16-12-27(3)21-46(40)58-33(9)53)19-28(4)20-42(49)48-29(5)22-36(24-47(48)59-34(10)54)44-23-35-13-14-37(56-31(7)51)25-45(35)60-44/h11-14,16-18,20-25,41-42,49H,15,19H2,1-10H3/t41-,42-,49-/m1/s1. The highest BCUT2D eigenvalue weighted by Gasteiger charge is 2.43. The molecule has 0 saturated heterocycles. The average Bonchev–Trinajstić information content (AvgIpc) is 3.57. The summed E-state index contributed by atoms with van der Waals surface area (Å²) in [5.74, 6) is -2.16. The van der Waals surface area contributed by atoms with Gasteiger partial charge in [-0.2, -0.15) is 0 Å². The van der Waals surface area contributed by atoms with E-state index in [-0.39, 0.29) is 11.5 Å². The van der Waals surface area contributed by atoms with Crippen LogP contribution < -0.4 is 18.9 Å². The van der Waals surface area contributed by atoms with Crippen LogP contribution in [0.4, 0.5) is 0 Å². The van der Waals surface area contributed by atoms with Crippen molar-refractivity contribution in [2.24, 2.45) is 5.92 Å². The molecule has 1 aliphatic rings. The number of carbonyl (C=O) groups is 5. The highest BCUT2D eigenvalue weighted by atomic mass is 16.5. The molecule has 1 aromatic heterocycles. The maximum atomic E-state index is 15.6. The van der Waals surface area contributed by atoms with E-state index >= 15 is 4.79 Å². The summed E-state index contributed by atoms with van der Waals surface area (Å²) in [4.78, 5) is 64.8. The normalized spacial score (nSPS) is 16.1. The van der Waals surface area contributed by atoms with E-state index in [0.717, 1.165) is 33.2 Å². The molecule has 4 aromatic carbocycles. The van der Waals surface area contributed by atoms with Crippen molar-refractivity contribution in [3.63, 3.8) is 0 Å². The first-order valence-corrected chi connectivity index (χ1v) is 19.9. The molecule has 10 nitrogen and oxygen atoms in total. The Balaban J connectivity index is 1.58. The zero-order valence-electron chi connectivity index (χ0n) is 35.7. The minimum absolute atomic E-state index is 0.174. The van der Waals surface area contributed by atoms with Gasteiger partial charge in [0.15, 0.2) is 5.78 Å². The molecular weight excluding hydrogens is 761 g/mol. The van der Waals surface area contributed by atoms with Crippen LogP contribution in [-0.2, 0) is 25.6 Å². The van der Waals surface area contributed by atoms with Gasteiger partial charge in [-0.05, 0) is 125 Å². The molecule has 1 heterocycles. The Labute approximate surface area is 350 Å². The van der Waals surface area contributed by atoms with Crippen LogP contribution in [0.1, 0.15) is 110 Å². The molecule has 0 spiro atoms. The number of hydrogen-bond donors (Lipinski definition) is 0. The van der Waals surface area contributed by atoms with E-state index in [0.29, 0.717) is 69.3 Å². The van der Waals surface area contributed by atoms with E-state index in [1.165, 1.54) is 27.7 Å². The lowest BCUT2D eigenvalue weighted by molar-refractivity contribution is -0.132. The molecule has 0 bridgehead atoms. The second kappa shape index (κ2) is 17.7. The summed E-state index contributed by atoms with van der Waals surface area (Å²) in [6.45, 7) is 17.0. The number of furan rings is 1. The fourth-order valence-corrected chi connectivity index (χ4v) is 8.25. The molecule has 0 aliphatic heterocycles. The first-order chi connectivity index (χ1) is 28.4. The van der Waals surface area contributed by atoms with E-state index in [9.17, 15) is 19.2 Å². The summed E-state index contributed by atoms with van der Waals surface area (Å²) < 4.78 is 29.0. The SMILES string of the molecule is CC(=O)Oc1ccc2cc(-c3cc(C)c([C@H]4C=C(C)C[C@H](c5ccc(C)cc5OC(C)=O)[C@H]4C(=O)c4ccc(OC(C)=O)c(CC=C(C)C)c4C)c(OC(C)=O)c3)oc2c1. The molecule has 0 unspecified atom stereocenters. The summed E-state index contributed by atoms with van der Waals surface area (Å²) in [6.07, 6.45) is 5.01. The number of esters is 4. The van der Waals surface area contributed by atoms with E-state index in [1.807, 2.05) is 78.0 Å². The number of ketones is 1. The summed E-state index contributed by atoms with van der Waals surface area (Å²) in [7, 11) is 0. The molecule has 1 aliphatic carbocycles. The molecule has 0 saturated carbocycles. The van der Waals surface area contributed by atoms with Gasteiger partial charge in [-0.3, -0.25) is 24.0 Å². The van der Waals surface area contributed by atoms with Crippen LogP contribution in [0.25, 0.3) is 22.3 Å². The Bertz CT molecular complexity index is 2610. The summed E-state index contributed by atoms with van der Waals surface area (Å²) in [6, 6.07) is 19.7. The zero-order valence-corrected chi connectivity index (χ0v) is 35.7. The van der Waals surface area contributed by atoms with Gasteiger partial charge < -0.3 is 23.4 Å². The number of aryl methyl sites for hydroxylation is 2. The van der Waals surface area contributed by atoms with E-state index < -0.39 is 41.6 Å². The number of ether oxygens (including phenoxy) is 4. The van der Waals surface area contributed by atoms with Gasteiger partial charge >= 0.3 is 23.9 Å². The van der Waals surface area contributed by atoms with Crippen molar-refractivity contribution in [1.29, 1.82) is 0 Å². The van der Waals surface area contributed by atoms with Gasteiger partial charge in [0.1, 0.15) is 34.3 Å². The van der Waals surface area contributed by atoms with Gasteiger partial charge in [0, 0.05) is 79.2 Å². The number of allylic oxidation sites excluding steroid dienone is 4. The predicted molar refractivity (Wildman–Crippen MR) is 229 cm³/mol. The highest BCUT2D eigenvalue weighted by Crippen LogP contribution is 2.52. The van der Waals surface area contributed by atoms with Gasteiger partial charge in [-0.25, -0.2) is 0 Å². The van der Waals surface area contributed by atoms with Crippen LogP contribution in [0.15, 0.2) is 94.4 Å². The lowest BCUT2D eigenvalue weighted by Gasteiger charge is -2.38. The van der Waals surface area contributed by atoms with Crippen molar-refractivity contribution in [2.45, 2.75) is 93.9 Å². The Morgan fingerprint density at radius 1 is 0.700 bits per heavy atom. The van der Waals surface area contributed by atoms with Gasteiger partial charge in [0.25, 0.3) is 0 Å². The quantitative estimate of drug-likeness (QED) is 0.0549. The fourth-order valence-electron chi connectivity index (χ4n) is 8.25. The Kier molecular flexibility index (Phi) is 12.7. The largest absolute Gasteiger partial charge is 0.456 e. The molecule has 0 radical (unpaired) electrons. The van der Waals surface area contributed by atoms with Gasteiger partial charge in [0.2, 0.25) is 0 Å². The topological polar surface area (TPSA) is 135 Å². The molecule has 0 fully saturated rings. The molecule has 10 heteroatoms. The Morgan fingerprint density at radius 2 is 1.37 bits per heavy atom. The molecule has 60 heavy (non-hydrogen) atoms. The molecule has 3 atom stereocenters. The van der Waals surface area contributed by atoms with Gasteiger partial charge in [0.05, 0.1) is 0 Å². The third kappa shape index (κ3) is 9.49. The lowest BCUT2D eigenvalue weighted by Crippen LogP contribution is -2.33. The minimum Gasteiger partial charge on any atom is -0.456 e. The molecular formula is C50H50O10. The third-order valence-electron chi connectivity index (χ3n) is 10.7. The van der Waals surface area contributed by atoms with E-state index in [2.05, 4.69) is 6.08 Å². The molecule has 0 N–H and O–H groups in total.